The molecular formula is C15H14BrF6N3O. The van der Waals surface area contributed by atoms with E-state index in [4.69, 9.17) is 5.26 Å². The van der Waals surface area contributed by atoms with E-state index in [2.05, 4.69) is 15.9 Å². The summed E-state index contributed by atoms with van der Waals surface area (Å²) < 4.78 is 77.9. The van der Waals surface area contributed by atoms with Crippen LogP contribution in [0.15, 0.2) is 28.7 Å². The fraction of sp³-hybridized carbons (Fsp3) is 0.467. The van der Waals surface area contributed by atoms with Gasteiger partial charge in [0.2, 0.25) is 5.91 Å². The second kappa shape index (κ2) is 9.23. The molecule has 0 aromatic heterocycles. The van der Waals surface area contributed by atoms with E-state index in [1.165, 1.54) is 18.2 Å². The summed E-state index contributed by atoms with van der Waals surface area (Å²) in [6.45, 7) is -0.530. The smallest absolute Gasteiger partial charge is 0.342 e. The Bertz CT molecular complexity index is 639. The van der Waals surface area contributed by atoms with Gasteiger partial charge < -0.3 is 5.32 Å². The zero-order valence-electron chi connectivity index (χ0n) is 13.1. The molecule has 0 aliphatic rings. The first-order chi connectivity index (χ1) is 11.9. The van der Waals surface area contributed by atoms with Crippen LogP contribution in [-0.2, 0) is 4.79 Å². The van der Waals surface area contributed by atoms with Crippen LogP contribution in [0.1, 0.15) is 24.4 Å². The van der Waals surface area contributed by atoms with Gasteiger partial charge in [-0.2, -0.15) is 31.6 Å². The van der Waals surface area contributed by atoms with E-state index in [1.807, 2.05) is 10.6 Å². The van der Waals surface area contributed by atoms with E-state index in [1.54, 1.807) is 0 Å². The zero-order valence-corrected chi connectivity index (χ0v) is 14.7. The lowest BCUT2D eigenvalue weighted by atomic mass is 10.0. The number of rotatable bonds is 7. The van der Waals surface area contributed by atoms with Crippen molar-refractivity contribution < 1.29 is 31.1 Å². The van der Waals surface area contributed by atoms with Gasteiger partial charge in [-0.15, -0.1) is 0 Å². The van der Waals surface area contributed by atoms with Gasteiger partial charge in [-0.1, -0.05) is 28.1 Å². The normalized spacial score (nSPS) is 14.4. The highest BCUT2D eigenvalue weighted by molar-refractivity contribution is 9.10. The molecular weight excluding hydrogens is 432 g/mol. The van der Waals surface area contributed by atoms with Crippen LogP contribution in [0.2, 0.25) is 0 Å². The lowest BCUT2D eigenvalue weighted by molar-refractivity contribution is -0.162. The Hall–Kier alpha value is -1.80. The molecule has 4 nitrogen and oxygen atoms in total. The number of nitrogens with zero attached hydrogens (tertiary/aromatic N) is 1. The number of halogens is 7. The Balaban J connectivity index is 3.06. The van der Waals surface area contributed by atoms with Crippen molar-refractivity contribution in [2.75, 3.05) is 6.54 Å². The van der Waals surface area contributed by atoms with Crippen LogP contribution in [0, 0.1) is 11.3 Å². The predicted octanol–water partition coefficient (Wildman–Crippen LogP) is 3.99. The Morgan fingerprint density at radius 3 is 2.19 bits per heavy atom. The molecule has 0 saturated heterocycles. The highest BCUT2D eigenvalue weighted by Crippen LogP contribution is 2.34. The molecule has 0 spiro atoms. The largest absolute Gasteiger partial charge is 0.407 e. The van der Waals surface area contributed by atoms with Crippen LogP contribution in [0.3, 0.4) is 0 Å². The fourth-order valence-corrected chi connectivity index (χ4v) is 2.35. The Morgan fingerprint density at radius 1 is 1.15 bits per heavy atom. The number of hydrogen-bond donors (Lipinski definition) is 2. The third-order valence-corrected chi connectivity index (χ3v) is 3.80. The van der Waals surface area contributed by atoms with Crippen LogP contribution in [0.5, 0.6) is 0 Å². The van der Waals surface area contributed by atoms with Crippen LogP contribution >= 0.6 is 15.9 Å². The number of benzene rings is 1. The molecule has 0 bridgehead atoms. The molecule has 0 fully saturated rings. The van der Waals surface area contributed by atoms with Gasteiger partial charge in [-0.3, -0.25) is 10.1 Å². The molecule has 2 atom stereocenters. The molecule has 26 heavy (non-hydrogen) atoms. The molecule has 0 saturated carbocycles. The van der Waals surface area contributed by atoms with E-state index < -0.39 is 49.7 Å². The number of hydrogen-bond acceptors (Lipinski definition) is 3. The lowest BCUT2D eigenvalue weighted by Crippen LogP contribution is -2.49. The lowest BCUT2D eigenvalue weighted by Gasteiger charge is -2.27. The molecule has 1 aromatic rings. The molecule has 144 valence electrons. The molecule has 11 heteroatoms. The van der Waals surface area contributed by atoms with Crippen molar-refractivity contribution in [3.8, 4) is 6.07 Å². The summed E-state index contributed by atoms with van der Waals surface area (Å²) in [7, 11) is 0. The number of amides is 1. The summed E-state index contributed by atoms with van der Waals surface area (Å²) in [5.41, 5.74) is -0.259. The maximum atomic E-state index is 13.4. The highest BCUT2D eigenvalue weighted by atomic mass is 79.9. The summed E-state index contributed by atoms with van der Waals surface area (Å²) in [4.78, 5) is 11.9. The minimum Gasteiger partial charge on any atom is -0.342 e. The predicted molar refractivity (Wildman–Crippen MR) is 83.8 cm³/mol. The van der Waals surface area contributed by atoms with E-state index in [9.17, 15) is 31.1 Å². The molecule has 1 rings (SSSR count). The maximum Gasteiger partial charge on any atom is 0.407 e. The van der Waals surface area contributed by atoms with E-state index in [-0.39, 0.29) is 5.56 Å². The van der Waals surface area contributed by atoms with E-state index in [0.717, 1.165) is 12.1 Å². The van der Waals surface area contributed by atoms with Gasteiger partial charge >= 0.3 is 12.4 Å². The molecule has 0 radical (unpaired) electrons. The molecule has 0 heterocycles. The number of nitriles is 1. The van der Waals surface area contributed by atoms with Crippen LogP contribution in [0.25, 0.3) is 0 Å². The standard InChI is InChI=1S/C15H14BrF6N3O/c16-10-3-1-9(2-4-10)12(15(20,21)22)25-11(5-6-14(17,18)19)13(26)24-8-7-23/h1-4,11-12,25H,5-6,8H2,(H,24,26)/t11-,12?/m0/s1. The molecule has 0 aliphatic heterocycles. The van der Waals surface area contributed by atoms with E-state index in [0.29, 0.717) is 4.47 Å². The van der Waals surface area contributed by atoms with Crippen molar-refractivity contribution in [3.63, 3.8) is 0 Å². The van der Waals surface area contributed by atoms with Crippen LogP contribution < -0.4 is 10.6 Å². The van der Waals surface area contributed by atoms with Crippen molar-refractivity contribution >= 4 is 21.8 Å². The Morgan fingerprint density at radius 2 is 1.73 bits per heavy atom. The first-order valence-corrected chi connectivity index (χ1v) is 8.03. The number of nitrogens with one attached hydrogen (secondary N) is 2. The topological polar surface area (TPSA) is 64.9 Å². The first kappa shape index (κ1) is 22.2. The quantitative estimate of drug-likeness (QED) is 0.492. The monoisotopic (exact) mass is 445 g/mol. The second-order valence-electron chi connectivity index (χ2n) is 5.28. The Labute approximate surface area is 153 Å². The van der Waals surface area contributed by atoms with Crippen molar-refractivity contribution in [1.29, 1.82) is 5.26 Å². The van der Waals surface area contributed by atoms with Gasteiger partial charge in [0.25, 0.3) is 0 Å². The average molecular weight is 446 g/mol. The van der Waals surface area contributed by atoms with Crippen LogP contribution in [-0.4, -0.2) is 30.8 Å². The number of alkyl halides is 6. The summed E-state index contributed by atoms with van der Waals surface area (Å²) in [6.07, 6.45) is -11.8. The van der Waals surface area contributed by atoms with Gasteiger partial charge in [0.05, 0.1) is 12.1 Å². The first-order valence-electron chi connectivity index (χ1n) is 7.23. The minimum atomic E-state index is -4.85. The van der Waals surface area contributed by atoms with Gasteiger partial charge in [-0.25, -0.2) is 0 Å². The summed E-state index contributed by atoms with van der Waals surface area (Å²) >= 11 is 3.07. The van der Waals surface area contributed by atoms with Crippen molar-refractivity contribution in [3.05, 3.63) is 34.3 Å². The molecule has 1 unspecified atom stereocenters. The van der Waals surface area contributed by atoms with Crippen molar-refractivity contribution in [2.45, 2.75) is 37.3 Å². The SMILES string of the molecule is N#CCNC(=O)[C@H](CCC(F)(F)F)NC(c1ccc(Br)cc1)C(F)(F)F. The van der Waals surface area contributed by atoms with Gasteiger partial charge in [0.15, 0.2) is 0 Å². The van der Waals surface area contributed by atoms with Crippen molar-refractivity contribution in [1.82, 2.24) is 10.6 Å². The minimum absolute atomic E-state index is 0.259. The molecule has 1 aromatic carbocycles. The third kappa shape index (κ3) is 7.61. The summed E-state index contributed by atoms with van der Waals surface area (Å²) in [5.74, 6) is -1.11. The fourth-order valence-electron chi connectivity index (χ4n) is 2.08. The molecule has 1 amide bonds. The van der Waals surface area contributed by atoms with Crippen molar-refractivity contribution in [2.24, 2.45) is 0 Å². The van der Waals surface area contributed by atoms with Gasteiger partial charge in [-0.05, 0) is 24.1 Å². The molecule has 2 N–H and O–H groups in total. The number of carbonyl (C=O) groups excluding carboxylic acids is 1. The highest BCUT2D eigenvalue weighted by Gasteiger charge is 2.43. The maximum absolute atomic E-state index is 13.4. The van der Waals surface area contributed by atoms with E-state index >= 15 is 0 Å². The second-order valence-corrected chi connectivity index (χ2v) is 6.19. The third-order valence-electron chi connectivity index (χ3n) is 3.27. The number of carbonyl (C=O) groups is 1. The van der Waals surface area contributed by atoms with Gasteiger partial charge in [0, 0.05) is 10.9 Å². The summed E-state index contributed by atoms with van der Waals surface area (Å²) in [6, 6.07) is 2.39. The molecule has 0 aliphatic carbocycles. The zero-order chi connectivity index (χ0) is 20.0. The summed E-state index contributed by atoms with van der Waals surface area (Å²) in [5, 5.41) is 12.4. The average Bonchev–Trinajstić information content (AvgIpc) is 2.52. The van der Waals surface area contributed by atoms with Gasteiger partial charge in [0.1, 0.15) is 12.6 Å². The Kier molecular flexibility index (Phi) is 7.89. The van der Waals surface area contributed by atoms with Crippen LogP contribution in [0.4, 0.5) is 26.3 Å².